The molecule has 0 aromatic heterocycles. The van der Waals surface area contributed by atoms with Crippen LogP contribution in [-0.2, 0) is 10.3 Å². The van der Waals surface area contributed by atoms with E-state index in [1.807, 2.05) is 30.3 Å². The second-order valence-electron chi connectivity index (χ2n) is 6.05. The molecule has 0 bridgehead atoms. The molecule has 120 valence electrons. The Bertz CT molecular complexity index is 519. The molecule has 22 heavy (non-hydrogen) atoms. The maximum atomic E-state index is 12.5. The summed E-state index contributed by atoms with van der Waals surface area (Å²) in [6.07, 6.45) is 3.83. The number of rotatable bonds is 5. The van der Waals surface area contributed by atoms with Crippen molar-refractivity contribution in [1.82, 2.24) is 10.2 Å². The summed E-state index contributed by atoms with van der Waals surface area (Å²) in [5.41, 5.74) is 6.07. The van der Waals surface area contributed by atoms with Gasteiger partial charge in [0, 0.05) is 30.1 Å². The predicted molar refractivity (Wildman–Crippen MR) is 93.5 cm³/mol. The number of piperidine rings is 1. The first-order valence-electron chi connectivity index (χ1n) is 7.62. The number of nitrogens with zero attached hydrogens (tertiary/aromatic N) is 1. The number of benzene rings is 1. The van der Waals surface area contributed by atoms with Crippen LogP contribution in [0.1, 0.15) is 25.3 Å². The molecular weight excluding hydrogens is 342 g/mol. The SMILES string of the molecule is C=CCN1CCC(NC(=O)C(C)(N)c2ccc(Br)cc2)CC1. The Hall–Kier alpha value is -1.17. The minimum atomic E-state index is -1.01. The van der Waals surface area contributed by atoms with Crippen LogP contribution in [0.2, 0.25) is 0 Å². The van der Waals surface area contributed by atoms with E-state index in [4.69, 9.17) is 5.73 Å². The molecule has 2 rings (SSSR count). The van der Waals surface area contributed by atoms with Crippen molar-refractivity contribution in [3.05, 3.63) is 47.0 Å². The van der Waals surface area contributed by atoms with E-state index >= 15 is 0 Å². The van der Waals surface area contributed by atoms with E-state index in [1.165, 1.54) is 0 Å². The molecule has 3 N–H and O–H groups in total. The predicted octanol–water partition coefficient (Wildman–Crippen LogP) is 2.39. The lowest BCUT2D eigenvalue weighted by molar-refractivity contribution is -0.127. The summed E-state index contributed by atoms with van der Waals surface area (Å²) in [6.45, 7) is 8.40. The highest BCUT2D eigenvalue weighted by Gasteiger charge is 2.32. The fourth-order valence-corrected chi connectivity index (χ4v) is 2.97. The lowest BCUT2D eigenvalue weighted by atomic mass is 9.91. The number of likely N-dealkylation sites (tertiary alicyclic amines) is 1. The first-order chi connectivity index (χ1) is 10.4. The van der Waals surface area contributed by atoms with Crippen LogP contribution >= 0.6 is 15.9 Å². The third-order valence-corrected chi connectivity index (χ3v) is 4.75. The molecule has 1 aromatic rings. The lowest BCUT2D eigenvalue weighted by Crippen LogP contribution is -2.54. The van der Waals surface area contributed by atoms with Crippen LogP contribution in [-0.4, -0.2) is 36.5 Å². The molecule has 1 saturated heterocycles. The second kappa shape index (κ2) is 7.40. The number of hydrogen-bond donors (Lipinski definition) is 2. The summed E-state index contributed by atoms with van der Waals surface area (Å²) in [6, 6.07) is 7.78. The topological polar surface area (TPSA) is 58.4 Å². The van der Waals surface area contributed by atoms with Gasteiger partial charge in [0.2, 0.25) is 5.91 Å². The number of carbonyl (C=O) groups excluding carboxylic acids is 1. The smallest absolute Gasteiger partial charge is 0.244 e. The summed E-state index contributed by atoms with van der Waals surface area (Å²) >= 11 is 3.39. The minimum absolute atomic E-state index is 0.114. The molecule has 0 spiro atoms. The molecule has 1 fully saturated rings. The van der Waals surface area contributed by atoms with E-state index in [0.29, 0.717) is 0 Å². The zero-order valence-electron chi connectivity index (χ0n) is 13.0. The summed E-state index contributed by atoms with van der Waals surface area (Å²) in [5, 5.41) is 3.11. The third-order valence-electron chi connectivity index (χ3n) is 4.23. The molecule has 1 aromatic carbocycles. The van der Waals surface area contributed by atoms with Crippen LogP contribution in [0, 0.1) is 0 Å². The van der Waals surface area contributed by atoms with Crippen molar-refractivity contribution >= 4 is 21.8 Å². The van der Waals surface area contributed by atoms with Gasteiger partial charge in [0.15, 0.2) is 0 Å². The largest absolute Gasteiger partial charge is 0.351 e. The molecule has 1 amide bonds. The Balaban J connectivity index is 1.94. The first-order valence-corrected chi connectivity index (χ1v) is 8.42. The Morgan fingerprint density at radius 1 is 1.45 bits per heavy atom. The highest BCUT2D eigenvalue weighted by Crippen LogP contribution is 2.21. The van der Waals surface area contributed by atoms with Gasteiger partial charge in [-0.2, -0.15) is 0 Å². The van der Waals surface area contributed by atoms with Gasteiger partial charge in [-0.05, 0) is 37.5 Å². The standard InChI is InChI=1S/C17H24BrN3O/c1-3-10-21-11-8-15(9-12-21)20-16(22)17(2,19)13-4-6-14(18)7-5-13/h3-7,15H,1,8-12,19H2,2H3,(H,20,22). The van der Waals surface area contributed by atoms with Gasteiger partial charge in [-0.1, -0.05) is 34.1 Å². The molecule has 4 nitrogen and oxygen atoms in total. The zero-order valence-corrected chi connectivity index (χ0v) is 14.6. The van der Waals surface area contributed by atoms with E-state index in [1.54, 1.807) is 6.92 Å². The van der Waals surface area contributed by atoms with Crippen molar-refractivity contribution in [3.63, 3.8) is 0 Å². The molecule has 1 aliphatic rings. The Morgan fingerprint density at radius 3 is 2.59 bits per heavy atom. The molecule has 1 heterocycles. The van der Waals surface area contributed by atoms with Crippen LogP contribution in [0.25, 0.3) is 0 Å². The van der Waals surface area contributed by atoms with Crippen molar-refractivity contribution in [2.45, 2.75) is 31.3 Å². The van der Waals surface area contributed by atoms with E-state index in [9.17, 15) is 4.79 Å². The van der Waals surface area contributed by atoms with Gasteiger partial charge in [-0.15, -0.1) is 6.58 Å². The van der Waals surface area contributed by atoms with E-state index in [2.05, 4.69) is 32.7 Å². The number of halogens is 1. The van der Waals surface area contributed by atoms with Crippen LogP contribution < -0.4 is 11.1 Å². The summed E-state index contributed by atoms with van der Waals surface area (Å²) in [7, 11) is 0. The Kier molecular flexibility index (Phi) is 5.78. The molecule has 0 radical (unpaired) electrons. The third kappa shape index (κ3) is 4.18. The first kappa shape index (κ1) is 17.2. The normalized spacial score (nSPS) is 19.4. The Morgan fingerprint density at radius 2 is 2.05 bits per heavy atom. The molecular formula is C17H24BrN3O. The molecule has 0 aliphatic carbocycles. The number of nitrogens with two attached hydrogens (primary N) is 1. The van der Waals surface area contributed by atoms with Crippen molar-refractivity contribution in [3.8, 4) is 0 Å². The van der Waals surface area contributed by atoms with Crippen molar-refractivity contribution in [1.29, 1.82) is 0 Å². The number of nitrogens with one attached hydrogen (secondary N) is 1. The van der Waals surface area contributed by atoms with E-state index in [-0.39, 0.29) is 11.9 Å². The van der Waals surface area contributed by atoms with Crippen molar-refractivity contribution in [2.75, 3.05) is 19.6 Å². The minimum Gasteiger partial charge on any atom is -0.351 e. The van der Waals surface area contributed by atoms with Gasteiger partial charge in [-0.25, -0.2) is 0 Å². The van der Waals surface area contributed by atoms with Gasteiger partial charge < -0.3 is 11.1 Å². The Labute approximate surface area is 140 Å². The summed E-state index contributed by atoms with van der Waals surface area (Å²) in [5.74, 6) is -0.114. The highest BCUT2D eigenvalue weighted by atomic mass is 79.9. The molecule has 1 unspecified atom stereocenters. The van der Waals surface area contributed by atoms with Gasteiger partial charge in [0.05, 0.1) is 0 Å². The quantitative estimate of drug-likeness (QED) is 0.787. The van der Waals surface area contributed by atoms with Crippen molar-refractivity contribution < 1.29 is 4.79 Å². The van der Waals surface area contributed by atoms with Crippen LogP contribution in [0.4, 0.5) is 0 Å². The number of carbonyl (C=O) groups is 1. The van der Waals surface area contributed by atoms with Crippen molar-refractivity contribution in [2.24, 2.45) is 5.73 Å². The average molecular weight is 366 g/mol. The zero-order chi connectivity index (χ0) is 16.2. The number of amides is 1. The molecule has 5 heteroatoms. The fourth-order valence-electron chi connectivity index (χ4n) is 2.70. The van der Waals surface area contributed by atoms with E-state index in [0.717, 1.165) is 42.5 Å². The lowest BCUT2D eigenvalue weighted by Gasteiger charge is -2.34. The molecule has 1 atom stereocenters. The maximum Gasteiger partial charge on any atom is 0.244 e. The maximum absolute atomic E-state index is 12.5. The molecule has 1 aliphatic heterocycles. The fraction of sp³-hybridized carbons (Fsp3) is 0.471. The van der Waals surface area contributed by atoms with Gasteiger partial charge in [0.25, 0.3) is 0 Å². The van der Waals surface area contributed by atoms with Crippen LogP contribution in [0.15, 0.2) is 41.4 Å². The van der Waals surface area contributed by atoms with Gasteiger partial charge in [-0.3, -0.25) is 9.69 Å². The summed E-state index contributed by atoms with van der Waals surface area (Å²) in [4.78, 5) is 14.9. The second-order valence-corrected chi connectivity index (χ2v) is 6.96. The van der Waals surface area contributed by atoms with Crippen LogP contribution in [0.3, 0.4) is 0 Å². The summed E-state index contributed by atoms with van der Waals surface area (Å²) < 4.78 is 0.974. The average Bonchev–Trinajstić information content (AvgIpc) is 2.50. The highest BCUT2D eigenvalue weighted by molar-refractivity contribution is 9.10. The number of hydrogen-bond acceptors (Lipinski definition) is 3. The van der Waals surface area contributed by atoms with Crippen LogP contribution in [0.5, 0.6) is 0 Å². The van der Waals surface area contributed by atoms with Gasteiger partial charge >= 0.3 is 0 Å². The van der Waals surface area contributed by atoms with Gasteiger partial charge in [0.1, 0.15) is 5.54 Å². The van der Waals surface area contributed by atoms with E-state index < -0.39 is 5.54 Å². The molecule has 0 saturated carbocycles. The monoisotopic (exact) mass is 365 g/mol.